The van der Waals surface area contributed by atoms with E-state index in [9.17, 15) is 0 Å². The molecule has 1 unspecified atom stereocenters. The summed E-state index contributed by atoms with van der Waals surface area (Å²) in [7, 11) is 0. The van der Waals surface area contributed by atoms with Crippen LogP contribution in [0, 0.1) is 5.92 Å². The van der Waals surface area contributed by atoms with Crippen LogP contribution in [0.5, 0.6) is 0 Å². The molecule has 0 aliphatic heterocycles. The minimum Gasteiger partial charge on any atom is -0.330 e. The number of unbranched alkanes of at least 4 members (excludes halogenated alkanes) is 7. The van der Waals surface area contributed by atoms with Crippen molar-refractivity contribution in [3.63, 3.8) is 0 Å². The van der Waals surface area contributed by atoms with Crippen LogP contribution in [0.4, 0.5) is 0 Å². The van der Waals surface area contributed by atoms with Crippen LogP contribution >= 0.6 is 0 Å². The average Bonchev–Trinajstić information content (AvgIpc) is 2.68. The van der Waals surface area contributed by atoms with Gasteiger partial charge in [-0.3, -0.25) is 0 Å². The molecule has 0 radical (unpaired) electrons. The Hall–Kier alpha value is -0.160. The molecule has 0 rings (SSSR count). The topological polar surface area (TPSA) is 53.7 Å². The molecule has 0 spiro atoms. The highest BCUT2D eigenvalue weighted by atomic mass is 16.9. The van der Waals surface area contributed by atoms with Gasteiger partial charge in [-0.15, -0.1) is 0 Å². The average molecular weight is 402 g/mol. The van der Waals surface area contributed by atoms with Crippen LogP contribution in [0.1, 0.15) is 118 Å². The van der Waals surface area contributed by atoms with Gasteiger partial charge in [-0.05, 0) is 38.1 Å². The van der Waals surface area contributed by atoms with E-state index in [1.165, 1.54) is 38.5 Å². The number of hydrogen-bond acceptors (Lipinski definition) is 4. The fraction of sp³-hybridized carbons (Fsp3) is 1.00. The Balaban J connectivity index is 4.99. The van der Waals surface area contributed by atoms with Crippen molar-refractivity contribution in [1.82, 2.24) is 0 Å². The van der Waals surface area contributed by atoms with Gasteiger partial charge in [-0.1, -0.05) is 85.5 Å². The zero-order valence-corrected chi connectivity index (χ0v) is 19.6. The normalized spacial score (nSPS) is 13.2. The van der Waals surface area contributed by atoms with Gasteiger partial charge in [-0.2, -0.15) is 0 Å². The number of rotatable bonds is 22. The van der Waals surface area contributed by atoms with Crippen molar-refractivity contribution in [2.75, 3.05) is 26.4 Å². The third kappa shape index (κ3) is 14.8. The first-order chi connectivity index (χ1) is 13.7. The Bertz CT molecular complexity index is 286. The molecule has 0 aromatic heterocycles. The number of hydrogen-bond donors (Lipinski definition) is 1. The van der Waals surface area contributed by atoms with Crippen LogP contribution in [0.25, 0.3) is 0 Å². The van der Waals surface area contributed by atoms with Crippen molar-refractivity contribution in [2.45, 2.75) is 124 Å². The molecule has 0 amide bonds. The van der Waals surface area contributed by atoms with Crippen molar-refractivity contribution in [2.24, 2.45) is 11.7 Å². The Morgan fingerprint density at radius 1 is 0.607 bits per heavy atom. The van der Waals surface area contributed by atoms with Crippen LogP contribution in [0.15, 0.2) is 0 Å². The Kier molecular flexibility index (Phi) is 20.0. The van der Waals surface area contributed by atoms with Gasteiger partial charge >= 0.3 is 0 Å². The summed E-state index contributed by atoms with van der Waals surface area (Å²) in [5.74, 6) is -0.389. The molecule has 4 heteroatoms. The van der Waals surface area contributed by atoms with Crippen LogP contribution in [-0.2, 0) is 14.2 Å². The lowest BCUT2D eigenvalue weighted by Crippen LogP contribution is -2.42. The second-order valence-corrected chi connectivity index (χ2v) is 8.14. The maximum Gasteiger partial charge on any atom is 0.283 e. The Morgan fingerprint density at radius 3 is 1.50 bits per heavy atom. The molecule has 0 saturated carbocycles. The molecule has 0 bridgehead atoms. The molecule has 28 heavy (non-hydrogen) atoms. The summed E-state index contributed by atoms with van der Waals surface area (Å²) < 4.78 is 18.9. The van der Waals surface area contributed by atoms with E-state index in [1.807, 2.05) is 0 Å². The molecule has 0 aromatic carbocycles. The molecule has 0 saturated heterocycles. The van der Waals surface area contributed by atoms with Gasteiger partial charge in [0, 0.05) is 6.42 Å². The first-order valence-electron chi connectivity index (χ1n) is 12.3. The van der Waals surface area contributed by atoms with Gasteiger partial charge in [0.05, 0.1) is 19.8 Å². The second-order valence-electron chi connectivity index (χ2n) is 8.14. The lowest BCUT2D eigenvalue weighted by atomic mass is 9.93. The largest absolute Gasteiger partial charge is 0.330 e. The quantitative estimate of drug-likeness (QED) is 0.160. The van der Waals surface area contributed by atoms with Crippen LogP contribution in [0.2, 0.25) is 0 Å². The van der Waals surface area contributed by atoms with E-state index in [0.29, 0.717) is 32.3 Å². The van der Waals surface area contributed by atoms with Crippen LogP contribution < -0.4 is 5.73 Å². The van der Waals surface area contributed by atoms with Gasteiger partial charge in [0.1, 0.15) is 0 Å². The van der Waals surface area contributed by atoms with Gasteiger partial charge in [0.2, 0.25) is 0 Å². The van der Waals surface area contributed by atoms with E-state index in [1.54, 1.807) is 0 Å². The maximum absolute atomic E-state index is 6.30. The molecule has 2 N–H and O–H groups in total. The van der Waals surface area contributed by atoms with Crippen molar-refractivity contribution in [3.8, 4) is 0 Å². The minimum atomic E-state index is -0.886. The second kappa shape index (κ2) is 20.1. The fourth-order valence-corrected chi connectivity index (χ4v) is 3.39. The fourth-order valence-electron chi connectivity index (χ4n) is 3.39. The SMILES string of the molecule is CCCCCCCC(CCN)CC(OCCCC)(OCCCC)OCCCC. The predicted octanol–water partition coefficient (Wildman–Crippen LogP) is 6.81. The highest BCUT2D eigenvalue weighted by Gasteiger charge is 2.36. The number of ether oxygens (including phenoxy) is 3. The van der Waals surface area contributed by atoms with E-state index >= 15 is 0 Å². The summed E-state index contributed by atoms with van der Waals surface area (Å²) in [6, 6.07) is 0. The van der Waals surface area contributed by atoms with E-state index in [-0.39, 0.29) is 0 Å². The van der Waals surface area contributed by atoms with E-state index in [0.717, 1.165) is 51.4 Å². The third-order valence-corrected chi connectivity index (χ3v) is 5.29. The minimum absolute atomic E-state index is 0.497. The van der Waals surface area contributed by atoms with Crippen LogP contribution in [-0.4, -0.2) is 32.3 Å². The molecule has 0 aliphatic carbocycles. The highest BCUT2D eigenvalue weighted by molar-refractivity contribution is 4.70. The molecule has 0 fully saturated rings. The highest BCUT2D eigenvalue weighted by Crippen LogP contribution is 2.31. The summed E-state index contributed by atoms with van der Waals surface area (Å²) in [4.78, 5) is 0. The maximum atomic E-state index is 6.30. The van der Waals surface area contributed by atoms with Crippen LogP contribution in [0.3, 0.4) is 0 Å². The number of nitrogens with two attached hydrogens (primary N) is 1. The summed E-state index contributed by atoms with van der Waals surface area (Å²) in [5.41, 5.74) is 5.94. The van der Waals surface area contributed by atoms with Crippen molar-refractivity contribution in [1.29, 1.82) is 0 Å². The summed E-state index contributed by atoms with van der Waals surface area (Å²) in [5, 5.41) is 0. The van der Waals surface area contributed by atoms with Gasteiger partial charge in [0.15, 0.2) is 0 Å². The zero-order chi connectivity index (χ0) is 20.9. The van der Waals surface area contributed by atoms with E-state index in [4.69, 9.17) is 19.9 Å². The molecule has 0 aliphatic rings. The molecule has 0 aromatic rings. The lowest BCUT2D eigenvalue weighted by Gasteiger charge is -2.36. The Labute approximate surface area is 176 Å². The Morgan fingerprint density at radius 2 is 1.07 bits per heavy atom. The first-order valence-corrected chi connectivity index (χ1v) is 12.3. The predicted molar refractivity (Wildman–Crippen MR) is 120 cm³/mol. The molecule has 4 nitrogen and oxygen atoms in total. The third-order valence-electron chi connectivity index (χ3n) is 5.29. The van der Waals surface area contributed by atoms with Crippen molar-refractivity contribution in [3.05, 3.63) is 0 Å². The molecular formula is C24H51NO3. The summed E-state index contributed by atoms with van der Waals surface area (Å²) in [6.45, 7) is 11.6. The van der Waals surface area contributed by atoms with Crippen molar-refractivity contribution >= 4 is 0 Å². The van der Waals surface area contributed by atoms with Gasteiger partial charge in [-0.25, -0.2) is 0 Å². The molecule has 170 valence electrons. The van der Waals surface area contributed by atoms with E-state index in [2.05, 4.69) is 27.7 Å². The van der Waals surface area contributed by atoms with Gasteiger partial charge in [0.25, 0.3) is 5.97 Å². The standard InChI is InChI=1S/C24H51NO3/c1-5-9-13-14-15-16-23(17-18-25)22-24(26-19-10-6-2,27-20-11-7-3)28-21-12-8-4/h23H,5-22,25H2,1-4H3. The van der Waals surface area contributed by atoms with Crippen molar-refractivity contribution < 1.29 is 14.2 Å². The first kappa shape index (κ1) is 27.8. The monoisotopic (exact) mass is 401 g/mol. The molecular weight excluding hydrogens is 350 g/mol. The molecule has 0 heterocycles. The molecule has 1 atom stereocenters. The summed E-state index contributed by atoms with van der Waals surface area (Å²) >= 11 is 0. The van der Waals surface area contributed by atoms with Gasteiger partial charge < -0.3 is 19.9 Å². The summed E-state index contributed by atoms with van der Waals surface area (Å²) in [6.07, 6.45) is 16.0. The lowest BCUT2D eigenvalue weighted by molar-refractivity contribution is -0.388. The van der Waals surface area contributed by atoms with E-state index < -0.39 is 5.97 Å². The smallest absolute Gasteiger partial charge is 0.283 e. The zero-order valence-electron chi connectivity index (χ0n) is 19.6.